The van der Waals surface area contributed by atoms with Crippen LogP contribution in [-0.4, -0.2) is 12.2 Å². The van der Waals surface area contributed by atoms with Gasteiger partial charge < -0.3 is 4.74 Å². The van der Waals surface area contributed by atoms with Gasteiger partial charge in [0.15, 0.2) is 0 Å². The summed E-state index contributed by atoms with van der Waals surface area (Å²) in [7, 11) is 0. The Kier molecular flexibility index (Phi) is 1.84. The molecule has 2 unspecified atom stereocenters. The molecule has 2 aliphatic carbocycles. The number of hydrogen-bond acceptors (Lipinski definition) is 1. The Morgan fingerprint density at radius 2 is 1.88 bits per heavy atom. The molecule has 3 fully saturated rings. The van der Waals surface area contributed by atoms with E-state index in [9.17, 15) is 4.39 Å². The summed E-state index contributed by atoms with van der Waals surface area (Å²) < 4.78 is 18.7. The second kappa shape index (κ2) is 3.11. The molecule has 2 atom stereocenters. The predicted molar refractivity (Wildman–Crippen MR) is 63.2 cm³/mol. The molecule has 1 aliphatic heterocycles. The minimum absolute atomic E-state index is 0.142. The molecule has 0 bridgehead atoms. The van der Waals surface area contributed by atoms with Gasteiger partial charge in [-0.15, -0.1) is 0 Å². The Hall–Kier alpha value is -0.890. The van der Waals surface area contributed by atoms with Crippen LogP contribution in [0.3, 0.4) is 0 Å². The molecule has 0 amide bonds. The van der Waals surface area contributed by atoms with Crippen LogP contribution in [0, 0.1) is 17.2 Å². The van der Waals surface area contributed by atoms with Crippen LogP contribution in [-0.2, 0) is 11.2 Å². The molecule has 0 N–H and O–H groups in total. The summed E-state index contributed by atoms with van der Waals surface area (Å²) in [4.78, 5) is 0. The summed E-state index contributed by atoms with van der Waals surface area (Å²) in [6, 6.07) is 6.97. The lowest BCUT2D eigenvalue weighted by Gasteiger charge is -2.20. The van der Waals surface area contributed by atoms with Gasteiger partial charge in [-0.25, -0.2) is 4.39 Å². The standard InChI is InChI=1S/C15H17FO/c16-13-3-1-11(2-4-13)9-12-5-6-14(7-8-14)15(12)10-17-15/h1-4,12H,5-10H2. The molecule has 1 heterocycles. The van der Waals surface area contributed by atoms with Crippen molar-refractivity contribution in [2.24, 2.45) is 11.3 Å². The molecule has 17 heavy (non-hydrogen) atoms. The Morgan fingerprint density at radius 3 is 2.47 bits per heavy atom. The van der Waals surface area contributed by atoms with Gasteiger partial charge in [0.05, 0.1) is 6.61 Å². The quantitative estimate of drug-likeness (QED) is 0.712. The van der Waals surface area contributed by atoms with Crippen molar-refractivity contribution in [3.05, 3.63) is 35.6 Å². The van der Waals surface area contributed by atoms with Crippen LogP contribution in [0.4, 0.5) is 4.39 Å². The lowest BCUT2D eigenvalue weighted by molar-refractivity contribution is 0.182. The van der Waals surface area contributed by atoms with Crippen LogP contribution < -0.4 is 0 Å². The first-order valence-corrected chi connectivity index (χ1v) is 6.63. The fourth-order valence-corrected chi connectivity index (χ4v) is 3.94. The van der Waals surface area contributed by atoms with Gasteiger partial charge in [0.2, 0.25) is 0 Å². The normalized spacial score (nSPS) is 36.6. The van der Waals surface area contributed by atoms with Crippen molar-refractivity contribution in [2.45, 2.75) is 37.7 Å². The number of epoxide rings is 1. The van der Waals surface area contributed by atoms with Gasteiger partial charge in [-0.1, -0.05) is 12.1 Å². The molecule has 3 aliphatic rings. The van der Waals surface area contributed by atoms with E-state index < -0.39 is 0 Å². The number of halogens is 1. The van der Waals surface area contributed by atoms with Crippen molar-refractivity contribution in [3.8, 4) is 0 Å². The number of ether oxygens (including phenoxy) is 1. The van der Waals surface area contributed by atoms with E-state index in [2.05, 4.69) is 0 Å². The van der Waals surface area contributed by atoms with E-state index in [1.165, 1.54) is 31.2 Å². The number of hydrogen-bond donors (Lipinski definition) is 0. The molecule has 1 saturated heterocycles. The third-order valence-corrected chi connectivity index (χ3v) is 5.23. The van der Waals surface area contributed by atoms with E-state index in [4.69, 9.17) is 4.74 Å². The Balaban J connectivity index is 1.55. The molecular weight excluding hydrogens is 215 g/mol. The molecule has 1 aromatic rings. The maximum Gasteiger partial charge on any atom is 0.123 e. The first kappa shape index (κ1) is 10.1. The second-order valence-electron chi connectivity index (χ2n) is 6.02. The minimum atomic E-state index is -0.142. The lowest BCUT2D eigenvalue weighted by atomic mass is 9.84. The summed E-state index contributed by atoms with van der Waals surface area (Å²) in [6.07, 6.45) is 6.43. The predicted octanol–water partition coefficient (Wildman–Crippen LogP) is 3.33. The zero-order chi connectivity index (χ0) is 11.5. The van der Waals surface area contributed by atoms with Gasteiger partial charge in [0.1, 0.15) is 11.4 Å². The Morgan fingerprint density at radius 1 is 1.18 bits per heavy atom. The summed E-state index contributed by atoms with van der Waals surface area (Å²) in [5.74, 6) is 0.520. The Bertz CT molecular complexity index is 442. The van der Waals surface area contributed by atoms with Crippen LogP contribution in [0.1, 0.15) is 31.2 Å². The first-order valence-electron chi connectivity index (χ1n) is 6.63. The van der Waals surface area contributed by atoms with E-state index in [0.717, 1.165) is 13.0 Å². The lowest BCUT2D eigenvalue weighted by Crippen LogP contribution is -2.28. The monoisotopic (exact) mass is 232 g/mol. The van der Waals surface area contributed by atoms with E-state index in [-0.39, 0.29) is 11.4 Å². The molecule has 0 aromatic heterocycles. The van der Waals surface area contributed by atoms with E-state index in [1.807, 2.05) is 12.1 Å². The molecule has 1 nitrogen and oxygen atoms in total. The smallest absolute Gasteiger partial charge is 0.123 e. The van der Waals surface area contributed by atoms with Crippen LogP contribution >= 0.6 is 0 Å². The van der Waals surface area contributed by atoms with Gasteiger partial charge in [0.25, 0.3) is 0 Å². The SMILES string of the molecule is Fc1ccc(CC2CCC3(CC3)C23CO3)cc1. The maximum absolute atomic E-state index is 12.9. The highest BCUT2D eigenvalue weighted by Crippen LogP contribution is 2.71. The number of benzene rings is 1. The van der Waals surface area contributed by atoms with Crippen LogP contribution in [0.2, 0.25) is 0 Å². The molecule has 2 heteroatoms. The maximum atomic E-state index is 12.9. The highest BCUT2D eigenvalue weighted by atomic mass is 19.1. The third kappa shape index (κ3) is 1.33. The molecule has 2 spiro atoms. The summed E-state index contributed by atoms with van der Waals surface area (Å²) in [5, 5.41) is 0. The summed E-state index contributed by atoms with van der Waals surface area (Å²) in [5.41, 5.74) is 2.03. The number of fused-ring (bicyclic) bond motifs is 1. The van der Waals surface area contributed by atoms with Gasteiger partial charge in [0, 0.05) is 5.41 Å². The average molecular weight is 232 g/mol. The molecule has 1 aromatic carbocycles. The van der Waals surface area contributed by atoms with Crippen molar-refractivity contribution >= 4 is 0 Å². The van der Waals surface area contributed by atoms with Gasteiger partial charge in [-0.3, -0.25) is 0 Å². The van der Waals surface area contributed by atoms with Gasteiger partial charge in [-0.05, 0) is 55.7 Å². The second-order valence-corrected chi connectivity index (χ2v) is 6.02. The van der Waals surface area contributed by atoms with Crippen molar-refractivity contribution in [3.63, 3.8) is 0 Å². The number of rotatable bonds is 2. The highest BCUT2D eigenvalue weighted by Gasteiger charge is 2.73. The zero-order valence-corrected chi connectivity index (χ0v) is 9.92. The van der Waals surface area contributed by atoms with E-state index in [1.54, 1.807) is 12.1 Å². The first-order chi connectivity index (χ1) is 8.24. The topological polar surface area (TPSA) is 12.5 Å². The van der Waals surface area contributed by atoms with Crippen molar-refractivity contribution < 1.29 is 9.13 Å². The molecule has 4 rings (SSSR count). The third-order valence-electron chi connectivity index (χ3n) is 5.23. The van der Waals surface area contributed by atoms with E-state index >= 15 is 0 Å². The van der Waals surface area contributed by atoms with Crippen LogP contribution in [0.25, 0.3) is 0 Å². The Labute approximate surface area is 101 Å². The molecule has 90 valence electrons. The van der Waals surface area contributed by atoms with E-state index in [0.29, 0.717) is 11.3 Å². The van der Waals surface area contributed by atoms with Gasteiger partial charge >= 0.3 is 0 Å². The molecule has 0 radical (unpaired) electrons. The van der Waals surface area contributed by atoms with Crippen molar-refractivity contribution in [2.75, 3.05) is 6.61 Å². The summed E-state index contributed by atoms with van der Waals surface area (Å²) in [6.45, 7) is 0.971. The largest absolute Gasteiger partial charge is 0.369 e. The molecule has 2 saturated carbocycles. The summed E-state index contributed by atoms with van der Waals surface area (Å²) >= 11 is 0. The fourth-order valence-electron chi connectivity index (χ4n) is 3.94. The van der Waals surface area contributed by atoms with Crippen molar-refractivity contribution in [1.82, 2.24) is 0 Å². The average Bonchev–Trinajstić information content (AvgIpc) is 3.18. The fraction of sp³-hybridized carbons (Fsp3) is 0.600. The van der Waals surface area contributed by atoms with Crippen LogP contribution in [0.5, 0.6) is 0 Å². The zero-order valence-electron chi connectivity index (χ0n) is 9.92. The highest BCUT2D eigenvalue weighted by molar-refractivity contribution is 5.25. The van der Waals surface area contributed by atoms with Gasteiger partial charge in [-0.2, -0.15) is 0 Å². The van der Waals surface area contributed by atoms with Crippen molar-refractivity contribution in [1.29, 1.82) is 0 Å². The van der Waals surface area contributed by atoms with Crippen LogP contribution in [0.15, 0.2) is 24.3 Å². The molecular formula is C15H17FO. The minimum Gasteiger partial charge on any atom is -0.369 e.